The average molecular weight is 382 g/mol. The summed E-state index contributed by atoms with van der Waals surface area (Å²) >= 11 is 16.5. The molecule has 0 bridgehead atoms. The molecule has 0 radical (unpaired) electrons. The largest absolute Gasteiger partial charge is 0.294 e. The van der Waals surface area contributed by atoms with Crippen LogP contribution in [0.5, 0.6) is 0 Å². The summed E-state index contributed by atoms with van der Waals surface area (Å²) in [6.45, 7) is 4.60. The maximum Gasteiger partial charge on any atom is 0.171 e. The number of carbonyl (C=O) groups excluding carboxylic acids is 1. The van der Waals surface area contributed by atoms with Crippen LogP contribution in [0.3, 0.4) is 0 Å². The zero-order valence-electron chi connectivity index (χ0n) is 10.3. The number of carbonyl (C=O) groups is 1. The summed E-state index contributed by atoms with van der Waals surface area (Å²) in [7, 11) is 0. The van der Waals surface area contributed by atoms with Crippen molar-refractivity contribution in [3.05, 3.63) is 36.2 Å². The van der Waals surface area contributed by atoms with Gasteiger partial charge in [0.25, 0.3) is 0 Å². The van der Waals surface area contributed by atoms with Crippen LogP contribution in [0.4, 0.5) is 0 Å². The Labute approximate surface area is 133 Å². The number of aryl methyl sites for hydroxylation is 2. The lowest BCUT2D eigenvalue weighted by Gasteiger charge is -2.04. The highest BCUT2D eigenvalue weighted by atomic mass is 79.9. The Morgan fingerprint density at radius 2 is 2.21 bits per heavy atom. The van der Waals surface area contributed by atoms with Crippen molar-refractivity contribution in [2.75, 3.05) is 0 Å². The van der Waals surface area contributed by atoms with Crippen LogP contribution in [-0.2, 0) is 13.0 Å². The molecule has 0 N–H and O–H groups in total. The first-order chi connectivity index (χ1) is 8.93. The Morgan fingerprint density at radius 3 is 2.74 bits per heavy atom. The summed E-state index contributed by atoms with van der Waals surface area (Å²) in [6, 6.07) is 1.62. The molecule has 3 nitrogen and oxygen atoms in total. The van der Waals surface area contributed by atoms with Crippen molar-refractivity contribution in [3.63, 3.8) is 0 Å². The lowest BCUT2D eigenvalue weighted by atomic mass is 10.1. The first-order valence-corrected chi connectivity index (χ1v) is 8.00. The Hall–Kier alpha value is -0.360. The molecule has 0 saturated carbocycles. The molecule has 19 heavy (non-hydrogen) atoms. The molecule has 2 aromatic heterocycles. The zero-order chi connectivity index (χ0) is 14.2. The molecule has 0 aliphatic carbocycles. The van der Waals surface area contributed by atoms with E-state index in [2.05, 4.69) is 21.0 Å². The van der Waals surface area contributed by atoms with E-state index < -0.39 is 0 Å². The predicted octanol–water partition coefficient (Wildman–Crippen LogP) is 4.77. The Morgan fingerprint density at radius 1 is 1.53 bits per heavy atom. The molecule has 0 saturated heterocycles. The van der Waals surface area contributed by atoms with Crippen LogP contribution in [0, 0.1) is 6.92 Å². The predicted molar refractivity (Wildman–Crippen MR) is 82.7 cm³/mol. The van der Waals surface area contributed by atoms with Gasteiger partial charge < -0.3 is 0 Å². The monoisotopic (exact) mass is 380 g/mol. The van der Waals surface area contributed by atoms with Crippen LogP contribution in [-0.4, -0.2) is 15.6 Å². The van der Waals surface area contributed by atoms with Gasteiger partial charge in [-0.3, -0.25) is 9.48 Å². The van der Waals surface area contributed by atoms with Crippen molar-refractivity contribution in [2.24, 2.45) is 0 Å². The fourth-order valence-electron chi connectivity index (χ4n) is 1.82. The van der Waals surface area contributed by atoms with Crippen LogP contribution < -0.4 is 0 Å². The van der Waals surface area contributed by atoms with Crippen LogP contribution in [0.25, 0.3) is 0 Å². The van der Waals surface area contributed by atoms with E-state index in [1.807, 2.05) is 18.5 Å². The van der Waals surface area contributed by atoms with E-state index in [9.17, 15) is 4.79 Å². The van der Waals surface area contributed by atoms with Gasteiger partial charge in [0.2, 0.25) is 0 Å². The second-order valence-corrected chi connectivity index (χ2v) is 7.08. The molecule has 2 aromatic rings. The molecule has 2 heterocycles. The average Bonchev–Trinajstić information content (AvgIpc) is 2.83. The number of halogens is 3. The van der Waals surface area contributed by atoms with E-state index >= 15 is 0 Å². The fourth-order valence-corrected chi connectivity index (χ4v) is 3.74. The molecule has 0 spiro atoms. The lowest BCUT2D eigenvalue weighted by Crippen LogP contribution is -2.10. The van der Waals surface area contributed by atoms with Crippen LogP contribution in [0.1, 0.15) is 28.7 Å². The molecule has 0 aliphatic rings. The molecule has 0 fully saturated rings. The fraction of sp³-hybridized carbons (Fsp3) is 0.333. The molecule has 2 rings (SSSR count). The summed E-state index contributed by atoms with van der Waals surface area (Å²) in [5.41, 5.74) is 2.22. The minimum Gasteiger partial charge on any atom is -0.294 e. The Balaban J connectivity index is 2.31. The van der Waals surface area contributed by atoms with E-state index in [1.165, 1.54) is 11.3 Å². The number of thiophene rings is 1. The van der Waals surface area contributed by atoms with E-state index in [0.29, 0.717) is 20.8 Å². The summed E-state index contributed by atoms with van der Waals surface area (Å²) in [4.78, 5) is 12.3. The first-order valence-electron chi connectivity index (χ1n) is 5.63. The second-order valence-electron chi connectivity index (χ2n) is 4.00. The maximum atomic E-state index is 12.3. The van der Waals surface area contributed by atoms with E-state index in [-0.39, 0.29) is 12.2 Å². The summed E-state index contributed by atoms with van der Waals surface area (Å²) in [5, 5.41) is 4.36. The first kappa shape index (κ1) is 15.0. The third kappa shape index (κ3) is 3.05. The van der Waals surface area contributed by atoms with E-state index in [4.69, 9.17) is 23.2 Å². The Kier molecular flexibility index (Phi) is 4.71. The van der Waals surface area contributed by atoms with Gasteiger partial charge in [0.15, 0.2) is 5.78 Å². The minimum absolute atomic E-state index is 0.0524. The van der Waals surface area contributed by atoms with Gasteiger partial charge in [-0.25, -0.2) is 0 Å². The van der Waals surface area contributed by atoms with Crippen molar-refractivity contribution in [3.8, 4) is 0 Å². The highest BCUT2D eigenvalue weighted by Gasteiger charge is 2.19. The van der Waals surface area contributed by atoms with E-state index in [0.717, 1.165) is 15.9 Å². The number of ketones is 1. The quantitative estimate of drug-likeness (QED) is 0.715. The normalized spacial score (nSPS) is 11.0. The smallest absolute Gasteiger partial charge is 0.171 e. The van der Waals surface area contributed by atoms with Gasteiger partial charge in [0.1, 0.15) is 4.34 Å². The molecule has 7 heteroatoms. The molecule has 0 aromatic carbocycles. The van der Waals surface area contributed by atoms with Crippen molar-refractivity contribution in [1.82, 2.24) is 9.78 Å². The molecule has 0 atom stereocenters. The van der Waals surface area contributed by atoms with Gasteiger partial charge >= 0.3 is 0 Å². The maximum absolute atomic E-state index is 12.3. The van der Waals surface area contributed by atoms with Crippen molar-refractivity contribution >= 4 is 56.3 Å². The highest BCUT2D eigenvalue weighted by Crippen LogP contribution is 2.32. The van der Waals surface area contributed by atoms with Gasteiger partial charge in [-0.05, 0) is 35.8 Å². The van der Waals surface area contributed by atoms with Gasteiger partial charge in [-0.2, -0.15) is 5.10 Å². The SMILES string of the molecule is CCn1nc(C)c(Br)c1CC(=O)c1cc(Cl)sc1Cl. The lowest BCUT2D eigenvalue weighted by molar-refractivity contribution is 0.0991. The number of aromatic nitrogens is 2. The third-order valence-electron chi connectivity index (χ3n) is 2.74. The van der Waals surface area contributed by atoms with Crippen LogP contribution in [0.2, 0.25) is 8.67 Å². The third-order valence-corrected chi connectivity index (χ3v) is 5.26. The Bertz CT molecular complexity index is 636. The minimum atomic E-state index is -0.0524. The molecular formula is C12H11BrCl2N2OS. The standard InChI is InChI=1S/C12H11BrCl2N2OS/c1-3-17-8(11(13)6(2)16-17)5-9(18)7-4-10(14)19-12(7)15/h4H,3,5H2,1-2H3. The number of Topliss-reactive ketones (excluding diaryl/α,β-unsaturated/α-hetero) is 1. The van der Waals surface area contributed by atoms with Crippen molar-refractivity contribution in [1.29, 1.82) is 0 Å². The van der Waals surface area contributed by atoms with E-state index in [1.54, 1.807) is 6.07 Å². The zero-order valence-corrected chi connectivity index (χ0v) is 14.3. The molecule has 102 valence electrons. The van der Waals surface area contributed by atoms with Crippen molar-refractivity contribution in [2.45, 2.75) is 26.8 Å². The van der Waals surface area contributed by atoms with Gasteiger partial charge in [0, 0.05) is 12.1 Å². The van der Waals surface area contributed by atoms with Crippen LogP contribution >= 0.6 is 50.5 Å². The molecule has 0 unspecified atom stereocenters. The van der Waals surface area contributed by atoms with Gasteiger partial charge in [-0.15, -0.1) is 11.3 Å². The summed E-state index contributed by atoms with van der Waals surface area (Å²) in [6.07, 6.45) is 0.252. The second kappa shape index (κ2) is 5.95. The number of hydrogen-bond donors (Lipinski definition) is 0. The number of hydrogen-bond acceptors (Lipinski definition) is 3. The molecule has 0 aliphatic heterocycles. The van der Waals surface area contributed by atoms with Crippen LogP contribution in [0.15, 0.2) is 10.5 Å². The van der Waals surface area contributed by atoms with Crippen molar-refractivity contribution < 1.29 is 4.79 Å². The van der Waals surface area contributed by atoms with Gasteiger partial charge in [-0.1, -0.05) is 23.2 Å². The summed E-state index contributed by atoms with van der Waals surface area (Å²) in [5.74, 6) is -0.0524. The summed E-state index contributed by atoms with van der Waals surface area (Å²) < 4.78 is 3.65. The highest BCUT2D eigenvalue weighted by molar-refractivity contribution is 9.10. The number of rotatable bonds is 4. The molecule has 0 amide bonds. The number of nitrogens with zero attached hydrogens (tertiary/aromatic N) is 2. The topological polar surface area (TPSA) is 34.9 Å². The molecular weight excluding hydrogens is 371 g/mol. The van der Waals surface area contributed by atoms with Gasteiger partial charge in [0.05, 0.1) is 26.6 Å².